The molecular weight excluding hydrogens is 168 g/mol. The van der Waals surface area contributed by atoms with Crippen LogP contribution in [0.2, 0.25) is 0 Å². The van der Waals surface area contributed by atoms with E-state index < -0.39 is 0 Å². The Bertz CT molecular complexity index is 228. The number of hydrogen-bond acceptors (Lipinski definition) is 1. The number of benzene rings is 1. The van der Waals surface area contributed by atoms with Crippen molar-refractivity contribution in [3.63, 3.8) is 0 Å². The second-order valence-corrected chi connectivity index (χ2v) is 4.83. The lowest BCUT2D eigenvalue weighted by Crippen LogP contribution is -1.96. The third-order valence-electron chi connectivity index (χ3n) is 1.61. The van der Waals surface area contributed by atoms with Gasteiger partial charge in [0.15, 0.2) is 4.90 Å². The highest BCUT2D eigenvalue weighted by Gasteiger charge is 2.06. The van der Waals surface area contributed by atoms with Crippen LogP contribution in [0.1, 0.15) is 6.92 Å². The van der Waals surface area contributed by atoms with E-state index in [1.54, 1.807) is 0 Å². The summed E-state index contributed by atoms with van der Waals surface area (Å²) in [5.41, 5.74) is 0. The Morgan fingerprint density at radius 3 is 2.17 bits per heavy atom. The molecule has 1 rings (SSSR count). The standard InChI is InChI=1S/C10H15OS/c1-4-11-9-5-7-10(8-6-9)12(2)3/h5-8H,4H2,1-3H3/q+1. The Balaban J connectivity index is 2.71. The first-order valence-corrected chi connectivity index (χ1v) is 6.08. The molecule has 0 spiro atoms. The van der Waals surface area contributed by atoms with E-state index in [4.69, 9.17) is 4.74 Å². The van der Waals surface area contributed by atoms with E-state index in [1.165, 1.54) is 4.90 Å². The average Bonchev–Trinajstić information content (AvgIpc) is 2.06. The van der Waals surface area contributed by atoms with Crippen molar-refractivity contribution in [2.45, 2.75) is 11.8 Å². The van der Waals surface area contributed by atoms with Crippen LogP contribution in [-0.2, 0) is 10.9 Å². The summed E-state index contributed by atoms with van der Waals surface area (Å²) in [5.74, 6) is 0.965. The molecule has 0 N–H and O–H groups in total. The summed E-state index contributed by atoms with van der Waals surface area (Å²) in [6.45, 7) is 2.74. The lowest BCUT2D eigenvalue weighted by atomic mass is 10.3. The summed E-state index contributed by atoms with van der Waals surface area (Å²) in [4.78, 5) is 1.39. The Kier molecular flexibility index (Phi) is 3.48. The van der Waals surface area contributed by atoms with Gasteiger partial charge in [-0.1, -0.05) is 0 Å². The van der Waals surface area contributed by atoms with Gasteiger partial charge in [-0.05, 0) is 31.2 Å². The molecule has 0 fully saturated rings. The fraction of sp³-hybridized carbons (Fsp3) is 0.400. The molecule has 0 aliphatic heterocycles. The lowest BCUT2D eigenvalue weighted by Gasteiger charge is -2.02. The largest absolute Gasteiger partial charge is 0.494 e. The van der Waals surface area contributed by atoms with Gasteiger partial charge in [0.2, 0.25) is 0 Å². The van der Waals surface area contributed by atoms with E-state index in [0.717, 1.165) is 12.4 Å². The SMILES string of the molecule is CCOc1ccc([S+](C)C)cc1. The molecule has 12 heavy (non-hydrogen) atoms. The van der Waals surface area contributed by atoms with E-state index in [-0.39, 0.29) is 0 Å². The average molecular weight is 183 g/mol. The van der Waals surface area contributed by atoms with Crippen molar-refractivity contribution in [3.05, 3.63) is 24.3 Å². The monoisotopic (exact) mass is 183 g/mol. The van der Waals surface area contributed by atoms with Crippen LogP contribution in [-0.4, -0.2) is 19.1 Å². The van der Waals surface area contributed by atoms with E-state index >= 15 is 0 Å². The van der Waals surface area contributed by atoms with E-state index in [9.17, 15) is 0 Å². The lowest BCUT2D eigenvalue weighted by molar-refractivity contribution is 0.340. The van der Waals surface area contributed by atoms with Gasteiger partial charge in [-0.2, -0.15) is 0 Å². The van der Waals surface area contributed by atoms with E-state index in [1.807, 2.05) is 19.1 Å². The molecule has 66 valence electrons. The van der Waals surface area contributed by atoms with Crippen LogP contribution < -0.4 is 4.74 Å². The fourth-order valence-electron chi connectivity index (χ4n) is 0.975. The zero-order valence-corrected chi connectivity index (χ0v) is 8.65. The first kappa shape index (κ1) is 9.46. The third kappa shape index (κ3) is 2.45. The molecule has 0 heterocycles. The van der Waals surface area contributed by atoms with E-state index in [2.05, 4.69) is 24.6 Å². The summed E-state index contributed by atoms with van der Waals surface area (Å²) in [6, 6.07) is 8.33. The van der Waals surface area contributed by atoms with Crippen LogP contribution in [0.4, 0.5) is 0 Å². The topological polar surface area (TPSA) is 9.23 Å². The quantitative estimate of drug-likeness (QED) is 0.653. The summed E-state index contributed by atoms with van der Waals surface area (Å²) in [6.07, 6.45) is 4.44. The highest BCUT2D eigenvalue weighted by atomic mass is 32.2. The molecule has 0 aliphatic rings. The first-order valence-electron chi connectivity index (χ1n) is 4.04. The molecule has 0 saturated carbocycles. The molecule has 0 aromatic heterocycles. The van der Waals surface area contributed by atoms with Gasteiger partial charge in [0.05, 0.1) is 6.61 Å². The minimum atomic E-state index is 0.353. The van der Waals surface area contributed by atoms with Gasteiger partial charge in [0.1, 0.15) is 18.3 Å². The molecule has 0 unspecified atom stereocenters. The van der Waals surface area contributed by atoms with Gasteiger partial charge in [-0.15, -0.1) is 0 Å². The van der Waals surface area contributed by atoms with E-state index in [0.29, 0.717) is 10.9 Å². The minimum absolute atomic E-state index is 0.353. The summed E-state index contributed by atoms with van der Waals surface area (Å²) in [5, 5.41) is 0. The normalized spacial score (nSPS) is 10.3. The van der Waals surface area contributed by atoms with Crippen molar-refractivity contribution < 1.29 is 4.74 Å². The minimum Gasteiger partial charge on any atom is -0.494 e. The molecule has 0 aliphatic carbocycles. The van der Waals surface area contributed by atoms with Gasteiger partial charge >= 0.3 is 0 Å². The Morgan fingerprint density at radius 1 is 1.17 bits per heavy atom. The maximum Gasteiger partial charge on any atom is 0.154 e. The highest BCUT2D eigenvalue weighted by Crippen LogP contribution is 2.15. The first-order chi connectivity index (χ1) is 5.74. The molecule has 1 aromatic carbocycles. The summed E-state index contributed by atoms with van der Waals surface area (Å²) >= 11 is 0. The third-order valence-corrected chi connectivity index (χ3v) is 2.82. The van der Waals surface area contributed by atoms with Gasteiger partial charge in [0, 0.05) is 10.9 Å². The van der Waals surface area contributed by atoms with Crippen LogP contribution in [0, 0.1) is 0 Å². The van der Waals surface area contributed by atoms with Crippen LogP contribution >= 0.6 is 0 Å². The second kappa shape index (κ2) is 4.41. The molecule has 1 aromatic rings. The molecule has 2 heteroatoms. The van der Waals surface area contributed by atoms with Gasteiger partial charge in [0.25, 0.3) is 0 Å². The maximum absolute atomic E-state index is 5.34. The van der Waals surface area contributed by atoms with Crippen LogP contribution in [0.15, 0.2) is 29.2 Å². The van der Waals surface area contributed by atoms with Crippen molar-refractivity contribution in [2.75, 3.05) is 19.1 Å². The zero-order valence-electron chi connectivity index (χ0n) is 7.83. The number of ether oxygens (including phenoxy) is 1. The van der Waals surface area contributed by atoms with Crippen molar-refractivity contribution in [2.24, 2.45) is 0 Å². The Labute approximate surface area is 77.1 Å². The zero-order chi connectivity index (χ0) is 8.97. The summed E-state index contributed by atoms with van der Waals surface area (Å²) in [7, 11) is 0.353. The van der Waals surface area contributed by atoms with Crippen molar-refractivity contribution in [3.8, 4) is 5.75 Å². The molecule has 0 radical (unpaired) electrons. The highest BCUT2D eigenvalue weighted by molar-refractivity contribution is 7.95. The van der Waals surface area contributed by atoms with Gasteiger partial charge in [-0.3, -0.25) is 0 Å². The Morgan fingerprint density at radius 2 is 1.75 bits per heavy atom. The van der Waals surface area contributed by atoms with Crippen molar-refractivity contribution >= 4 is 10.9 Å². The maximum atomic E-state index is 5.34. The smallest absolute Gasteiger partial charge is 0.154 e. The molecule has 1 nitrogen and oxygen atoms in total. The van der Waals surface area contributed by atoms with Crippen LogP contribution in [0.25, 0.3) is 0 Å². The van der Waals surface area contributed by atoms with Crippen molar-refractivity contribution in [1.29, 1.82) is 0 Å². The number of hydrogen-bond donors (Lipinski definition) is 0. The van der Waals surface area contributed by atoms with Crippen LogP contribution in [0.5, 0.6) is 5.75 Å². The fourth-order valence-corrected chi connectivity index (χ4v) is 1.66. The van der Waals surface area contributed by atoms with Crippen molar-refractivity contribution in [1.82, 2.24) is 0 Å². The summed E-state index contributed by atoms with van der Waals surface area (Å²) < 4.78 is 5.34. The van der Waals surface area contributed by atoms with Gasteiger partial charge in [-0.25, -0.2) is 0 Å². The molecule has 0 saturated heterocycles. The predicted octanol–water partition coefficient (Wildman–Crippen LogP) is 2.32. The van der Waals surface area contributed by atoms with Gasteiger partial charge < -0.3 is 4.74 Å². The second-order valence-electron chi connectivity index (χ2n) is 2.72. The predicted molar refractivity (Wildman–Crippen MR) is 55.1 cm³/mol. The molecule has 0 bridgehead atoms. The molecule has 0 atom stereocenters. The molecular formula is C10H15OS+. The van der Waals surface area contributed by atoms with Crippen LogP contribution in [0.3, 0.4) is 0 Å². The number of rotatable bonds is 3. The Hall–Kier alpha value is -0.630. The molecule has 0 amide bonds.